The fourth-order valence-electron chi connectivity index (χ4n) is 2.62. The van der Waals surface area contributed by atoms with E-state index >= 15 is 0 Å². The number of aryl methyl sites for hydroxylation is 2. The van der Waals surface area contributed by atoms with Crippen LogP contribution in [0.2, 0.25) is 0 Å². The van der Waals surface area contributed by atoms with E-state index in [1.54, 1.807) is 36.4 Å². The van der Waals surface area contributed by atoms with Gasteiger partial charge < -0.3 is 19.8 Å². The van der Waals surface area contributed by atoms with E-state index in [0.29, 0.717) is 17.1 Å². The second-order valence-electron chi connectivity index (χ2n) is 6.54. The Labute approximate surface area is 163 Å². The van der Waals surface area contributed by atoms with Gasteiger partial charge in [0.2, 0.25) is 5.91 Å². The molecule has 2 N–H and O–H groups in total. The first-order chi connectivity index (χ1) is 13.4. The van der Waals surface area contributed by atoms with E-state index < -0.39 is 0 Å². The molecule has 28 heavy (non-hydrogen) atoms. The molecule has 0 aliphatic heterocycles. The molecule has 2 aromatic carbocycles. The predicted molar refractivity (Wildman–Crippen MR) is 108 cm³/mol. The molecule has 144 valence electrons. The van der Waals surface area contributed by atoms with Crippen molar-refractivity contribution in [3.8, 4) is 5.75 Å². The summed E-state index contributed by atoms with van der Waals surface area (Å²) < 4.78 is 11.4. The Morgan fingerprint density at radius 1 is 0.929 bits per heavy atom. The van der Waals surface area contributed by atoms with Crippen molar-refractivity contribution in [3.05, 3.63) is 77.2 Å². The highest BCUT2D eigenvalue weighted by Crippen LogP contribution is 2.21. The van der Waals surface area contributed by atoms with Gasteiger partial charge in [-0.25, -0.2) is 0 Å². The number of nitrogens with one attached hydrogen (secondary N) is 2. The first kappa shape index (κ1) is 19.2. The number of carbonyl (C=O) groups excluding carboxylic acids is 2. The monoisotopic (exact) mass is 378 g/mol. The van der Waals surface area contributed by atoms with E-state index in [-0.39, 0.29) is 24.2 Å². The van der Waals surface area contributed by atoms with Crippen LogP contribution in [0.15, 0.2) is 59.0 Å². The second-order valence-corrected chi connectivity index (χ2v) is 6.54. The minimum Gasteiger partial charge on any atom is -0.485 e. The van der Waals surface area contributed by atoms with Crippen molar-refractivity contribution < 1.29 is 18.7 Å². The summed E-state index contributed by atoms with van der Waals surface area (Å²) in [7, 11) is 0. The van der Waals surface area contributed by atoms with Crippen LogP contribution in [-0.4, -0.2) is 11.8 Å². The quantitative estimate of drug-likeness (QED) is 0.652. The second kappa shape index (κ2) is 8.43. The molecule has 2 amide bonds. The molecule has 0 saturated heterocycles. The van der Waals surface area contributed by atoms with E-state index in [2.05, 4.69) is 10.6 Å². The third kappa shape index (κ3) is 5.01. The fourth-order valence-corrected chi connectivity index (χ4v) is 2.62. The fraction of sp³-hybridized carbons (Fsp3) is 0.182. The van der Waals surface area contributed by atoms with Crippen LogP contribution in [0.1, 0.15) is 34.4 Å². The van der Waals surface area contributed by atoms with E-state index in [0.717, 1.165) is 16.9 Å². The van der Waals surface area contributed by atoms with Gasteiger partial charge in [-0.15, -0.1) is 0 Å². The van der Waals surface area contributed by atoms with Crippen molar-refractivity contribution in [2.75, 3.05) is 10.6 Å². The maximum absolute atomic E-state index is 12.3. The molecule has 0 aliphatic carbocycles. The summed E-state index contributed by atoms with van der Waals surface area (Å²) in [5, 5.41) is 5.43. The van der Waals surface area contributed by atoms with E-state index in [4.69, 9.17) is 9.15 Å². The number of hydrogen-bond acceptors (Lipinski definition) is 4. The Kier molecular flexibility index (Phi) is 5.79. The summed E-state index contributed by atoms with van der Waals surface area (Å²) >= 11 is 0. The van der Waals surface area contributed by atoms with Gasteiger partial charge >= 0.3 is 0 Å². The number of anilines is 2. The number of amides is 2. The zero-order chi connectivity index (χ0) is 20.1. The van der Waals surface area contributed by atoms with E-state index in [1.807, 2.05) is 32.0 Å². The van der Waals surface area contributed by atoms with Crippen LogP contribution in [0.3, 0.4) is 0 Å². The first-order valence-electron chi connectivity index (χ1n) is 8.88. The van der Waals surface area contributed by atoms with Gasteiger partial charge in [0.05, 0.1) is 0 Å². The zero-order valence-corrected chi connectivity index (χ0v) is 16.0. The van der Waals surface area contributed by atoms with Crippen molar-refractivity contribution in [2.24, 2.45) is 0 Å². The van der Waals surface area contributed by atoms with Gasteiger partial charge in [-0.2, -0.15) is 0 Å². The van der Waals surface area contributed by atoms with Crippen molar-refractivity contribution in [1.29, 1.82) is 0 Å². The number of hydrogen-bond donors (Lipinski definition) is 2. The van der Waals surface area contributed by atoms with Crippen LogP contribution in [-0.2, 0) is 11.4 Å². The van der Waals surface area contributed by atoms with Gasteiger partial charge in [0.25, 0.3) is 5.91 Å². The lowest BCUT2D eigenvalue weighted by Crippen LogP contribution is -2.11. The number of benzene rings is 2. The molecule has 0 fully saturated rings. The SMILES string of the molecule is CC(=O)Nc1ccc(NC(=O)c2ccc(COc3cc(C)ccc3C)o2)cc1. The Bertz CT molecular complexity index is 990. The average Bonchev–Trinajstić information content (AvgIpc) is 3.13. The van der Waals surface area contributed by atoms with Gasteiger partial charge in [-0.1, -0.05) is 12.1 Å². The molecule has 0 bridgehead atoms. The van der Waals surface area contributed by atoms with Crippen LogP contribution in [0.4, 0.5) is 11.4 Å². The molecule has 0 saturated carbocycles. The Morgan fingerprint density at radius 3 is 2.29 bits per heavy atom. The predicted octanol–water partition coefficient (Wildman–Crippen LogP) is 4.69. The normalized spacial score (nSPS) is 10.4. The van der Waals surface area contributed by atoms with Gasteiger partial charge in [-0.3, -0.25) is 9.59 Å². The van der Waals surface area contributed by atoms with Crippen LogP contribution in [0.25, 0.3) is 0 Å². The Balaban J connectivity index is 1.59. The zero-order valence-electron chi connectivity index (χ0n) is 16.0. The molecule has 0 spiro atoms. The molecule has 0 radical (unpaired) electrons. The third-order valence-corrected chi connectivity index (χ3v) is 4.06. The topological polar surface area (TPSA) is 80.6 Å². The summed E-state index contributed by atoms with van der Waals surface area (Å²) in [6.07, 6.45) is 0. The van der Waals surface area contributed by atoms with Gasteiger partial charge in [0, 0.05) is 18.3 Å². The number of furan rings is 1. The van der Waals surface area contributed by atoms with Crippen molar-refractivity contribution in [1.82, 2.24) is 0 Å². The number of carbonyl (C=O) groups is 2. The van der Waals surface area contributed by atoms with Crippen molar-refractivity contribution >= 4 is 23.2 Å². The standard InChI is InChI=1S/C22H22N2O4/c1-14-4-5-15(2)21(12-14)27-13-19-10-11-20(28-19)22(26)24-18-8-6-17(7-9-18)23-16(3)25/h4-12H,13H2,1-3H3,(H,23,25)(H,24,26). The van der Waals surface area contributed by atoms with Crippen LogP contribution >= 0.6 is 0 Å². The minimum absolute atomic E-state index is 0.150. The molecule has 3 rings (SSSR count). The minimum atomic E-state index is -0.356. The van der Waals surface area contributed by atoms with Crippen LogP contribution < -0.4 is 15.4 Å². The molecule has 6 heteroatoms. The Morgan fingerprint density at radius 2 is 1.61 bits per heavy atom. The van der Waals surface area contributed by atoms with Gasteiger partial charge in [0.15, 0.2) is 5.76 Å². The summed E-state index contributed by atoms with van der Waals surface area (Å²) in [6, 6.07) is 16.2. The van der Waals surface area contributed by atoms with Crippen LogP contribution in [0.5, 0.6) is 5.75 Å². The summed E-state index contributed by atoms with van der Waals surface area (Å²) in [6.45, 7) is 5.66. The maximum Gasteiger partial charge on any atom is 0.291 e. The highest BCUT2D eigenvalue weighted by atomic mass is 16.5. The molecule has 1 heterocycles. The third-order valence-electron chi connectivity index (χ3n) is 4.06. The van der Waals surface area contributed by atoms with Crippen molar-refractivity contribution in [2.45, 2.75) is 27.4 Å². The van der Waals surface area contributed by atoms with Gasteiger partial charge in [-0.05, 0) is 67.4 Å². The summed E-state index contributed by atoms with van der Waals surface area (Å²) in [5.74, 6) is 1.05. The Hall–Kier alpha value is -3.54. The molecular weight excluding hydrogens is 356 g/mol. The molecule has 0 atom stereocenters. The summed E-state index contributed by atoms with van der Waals surface area (Å²) in [5.41, 5.74) is 3.42. The van der Waals surface area contributed by atoms with Gasteiger partial charge in [0.1, 0.15) is 18.1 Å². The maximum atomic E-state index is 12.3. The largest absolute Gasteiger partial charge is 0.485 e. The molecule has 0 unspecified atom stereocenters. The van der Waals surface area contributed by atoms with Crippen molar-refractivity contribution in [3.63, 3.8) is 0 Å². The first-order valence-corrected chi connectivity index (χ1v) is 8.88. The number of ether oxygens (including phenoxy) is 1. The molecular formula is C22H22N2O4. The molecule has 0 aliphatic rings. The summed E-state index contributed by atoms with van der Waals surface area (Å²) in [4.78, 5) is 23.4. The molecule has 3 aromatic rings. The lowest BCUT2D eigenvalue weighted by Gasteiger charge is -2.08. The average molecular weight is 378 g/mol. The molecule has 1 aromatic heterocycles. The lowest BCUT2D eigenvalue weighted by molar-refractivity contribution is -0.114. The van der Waals surface area contributed by atoms with E-state index in [9.17, 15) is 9.59 Å². The highest BCUT2D eigenvalue weighted by molar-refractivity contribution is 6.02. The highest BCUT2D eigenvalue weighted by Gasteiger charge is 2.12. The lowest BCUT2D eigenvalue weighted by atomic mass is 10.1. The van der Waals surface area contributed by atoms with Crippen LogP contribution in [0, 0.1) is 13.8 Å². The number of rotatable bonds is 6. The smallest absolute Gasteiger partial charge is 0.291 e. The molecule has 6 nitrogen and oxygen atoms in total. The van der Waals surface area contributed by atoms with E-state index in [1.165, 1.54) is 6.92 Å².